The second-order valence-corrected chi connectivity index (χ2v) is 15.1. The fourth-order valence-corrected chi connectivity index (χ4v) is 8.56. The SMILES string of the molecule is C[C@@H](NC(=O)[C@@H](CC(=O)N1CCC(N2CCCCC2)CC1)N1C(=O)[C@@H](N2C(=O)OC[C@@H]2c2ccccc2)[C@H]1/C=C/c1ccccc1)c1cccc(C(F)(F)F)c1. The number of carbonyl (C=O) groups excluding carboxylic acids is 4. The van der Waals surface area contributed by atoms with Gasteiger partial charge in [0.2, 0.25) is 17.7 Å². The molecule has 0 aliphatic carbocycles. The minimum Gasteiger partial charge on any atom is -0.447 e. The first-order valence-electron chi connectivity index (χ1n) is 19.5. The Labute approximate surface area is 325 Å². The smallest absolute Gasteiger partial charge is 0.416 e. The third-order valence-electron chi connectivity index (χ3n) is 11.6. The molecule has 13 heteroatoms. The lowest BCUT2D eigenvalue weighted by Crippen LogP contribution is -2.74. The van der Waals surface area contributed by atoms with Crippen molar-refractivity contribution in [1.82, 2.24) is 24.9 Å². The van der Waals surface area contributed by atoms with Crippen molar-refractivity contribution >= 4 is 29.9 Å². The Morgan fingerprint density at radius 3 is 2.25 bits per heavy atom. The highest BCUT2D eigenvalue weighted by molar-refractivity contribution is 5.99. The number of likely N-dealkylation sites (tertiary alicyclic amines) is 3. The molecule has 0 aromatic heterocycles. The largest absolute Gasteiger partial charge is 0.447 e. The van der Waals surface area contributed by atoms with Crippen LogP contribution in [0.2, 0.25) is 0 Å². The van der Waals surface area contributed by atoms with Gasteiger partial charge >= 0.3 is 12.3 Å². The van der Waals surface area contributed by atoms with Crippen LogP contribution in [0.15, 0.2) is 91.0 Å². The molecule has 7 rings (SSSR count). The van der Waals surface area contributed by atoms with Crippen LogP contribution in [0.4, 0.5) is 18.0 Å². The summed E-state index contributed by atoms with van der Waals surface area (Å²) in [6.45, 7) is 4.73. The van der Waals surface area contributed by atoms with Crippen molar-refractivity contribution in [2.75, 3.05) is 32.8 Å². The zero-order chi connectivity index (χ0) is 39.4. The van der Waals surface area contributed by atoms with E-state index in [1.807, 2.05) is 66.7 Å². The number of rotatable bonds is 11. The van der Waals surface area contributed by atoms with E-state index in [9.17, 15) is 32.3 Å². The second kappa shape index (κ2) is 16.9. The summed E-state index contributed by atoms with van der Waals surface area (Å²) in [5, 5.41) is 2.82. The normalized spacial score (nSPS) is 23.5. The van der Waals surface area contributed by atoms with Crippen molar-refractivity contribution < 1.29 is 37.1 Å². The van der Waals surface area contributed by atoms with E-state index >= 15 is 0 Å². The van der Waals surface area contributed by atoms with Crippen LogP contribution in [0.1, 0.15) is 79.8 Å². The monoisotopic (exact) mass is 771 g/mol. The molecule has 296 valence electrons. The average molecular weight is 772 g/mol. The van der Waals surface area contributed by atoms with Gasteiger partial charge in [-0.2, -0.15) is 13.2 Å². The minimum absolute atomic E-state index is 0.0338. The van der Waals surface area contributed by atoms with E-state index in [1.165, 1.54) is 41.2 Å². The lowest BCUT2D eigenvalue weighted by Gasteiger charge is -2.52. The van der Waals surface area contributed by atoms with E-state index in [0.717, 1.165) is 49.2 Å². The van der Waals surface area contributed by atoms with Crippen molar-refractivity contribution in [2.24, 2.45) is 0 Å². The number of piperidine rings is 2. The topological polar surface area (TPSA) is 103 Å². The fourth-order valence-electron chi connectivity index (χ4n) is 8.56. The van der Waals surface area contributed by atoms with Crippen LogP contribution in [-0.2, 0) is 25.3 Å². The molecule has 10 nitrogen and oxygen atoms in total. The summed E-state index contributed by atoms with van der Waals surface area (Å²) < 4.78 is 46.4. The highest BCUT2D eigenvalue weighted by Gasteiger charge is 2.58. The quantitative estimate of drug-likeness (QED) is 0.221. The Morgan fingerprint density at radius 2 is 1.57 bits per heavy atom. The van der Waals surface area contributed by atoms with Crippen molar-refractivity contribution in [3.8, 4) is 0 Å². The molecule has 0 spiro atoms. The summed E-state index contributed by atoms with van der Waals surface area (Å²) in [6, 6.07) is 19.0. The maximum Gasteiger partial charge on any atom is 0.416 e. The van der Waals surface area contributed by atoms with E-state index in [-0.39, 0.29) is 24.5 Å². The Bertz CT molecular complexity index is 1900. The standard InChI is InChI=1S/C43H48F3N5O5/c1-29(32-16-11-17-33(26-32)43(44,45)46)47-40(53)36(27-38(52)49-24-20-34(21-25-49)48-22-9-4-10-23-48)50-35(19-18-30-12-5-2-6-13-30)39(41(50)54)51-37(28-56-42(51)55)31-14-7-3-8-15-31/h2-3,5-8,11-19,26,29,34-37,39H,4,9-10,20-25,27-28H2,1H3,(H,47,53)/b19-18+/t29-,35-,36-,37-,39+/m1/s1. The summed E-state index contributed by atoms with van der Waals surface area (Å²) in [5.41, 5.74) is 0.966. The molecule has 5 atom stereocenters. The molecule has 4 amide bonds. The first-order chi connectivity index (χ1) is 27.0. The van der Waals surface area contributed by atoms with Gasteiger partial charge < -0.3 is 24.8 Å². The van der Waals surface area contributed by atoms with Crippen LogP contribution in [-0.4, -0.2) is 100 Å². The van der Waals surface area contributed by atoms with Gasteiger partial charge in [-0.1, -0.05) is 91.4 Å². The van der Waals surface area contributed by atoms with Crippen LogP contribution >= 0.6 is 0 Å². The molecule has 4 heterocycles. The molecule has 4 aliphatic heterocycles. The average Bonchev–Trinajstić information content (AvgIpc) is 3.59. The van der Waals surface area contributed by atoms with Gasteiger partial charge in [0.05, 0.1) is 30.1 Å². The van der Waals surface area contributed by atoms with Crippen molar-refractivity contribution in [2.45, 2.75) is 87.9 Å². The lowest BCUT2D eigenvalue weighted by atomic mass is 9.87. The number of amides is 4. The molecule has 3 aromatic carbocycles. The maximum absolute atomic E-state index is 14.5. The highest BCUT2D eigenvalue weighted by Crippen LogP contribution is 2.39. The van der Waals surface area contributed by atoms with Crippen LogP contribution < -0.4 is 5.32 Å². The van der Waals surface area contributed by atoms with Gasteiger partial charge in [0.1, 0.15) is 18.7 Å². The minimum atomic E-state index is -4.58. The Balaban J connectivity index is 1.18. The number of benzene rings is 3. The molecule has 56 heavy (non-hydrogen) atoms. The number of halogens is 3. The highest BCUT2D eigenvalue weighted by atomic mass is 19.4. The summed E-state index contributed by atoms with van der Waals surface area (Å²) in [6.07, 6.45) is 3.17. The van der Waals surface area contributed by atoms with Gasteiger partial charge in [-0.25, -0.2) is 4.79 Å². The predicted molar refractivity (Wildman–Crippen MR) is 204 cm³/mol. The molecule has 4 saturated heterocycles. The molecule has 4 fully saturated rings. The molecule has 0 bridgehead atoms. The van der Waals surface area contributed by atoms with Gasteiger partial charge in [0.15, 0.2) is 0 Å². The van der Waals surface area contributed by atoms with E-state index < -0.39 is 59.9 Å². The summed E-state index contributed by atoms with van der Waals surface area (Å²) in [4.78, 5) is 63.5. The number of β-lactam (4-membered cyclic amide) rings is 1. The van der Waals surface area contributed by atoms with E-state index in [4.69, 9.17) is 4.74 Å². The lowest BCUT2D eigenvalue weighted by molar-refractivity contribution is -0.164. The number of hydrogen-bond acceptors (Lipinski definition) is 6. The molecule has 0 unspecified atom stereocenters. The number of hydrogen-bond donors (Lipinski definition) is 1. The summed E-state index contributed by atoms with van der Waals surface area (Å²) in [5.74, 6) is -1.50. The van der Waals surface area contributed by atoms with Crippen molar-refractivity contribution in [3.63, 3.8) is 0 Å². The predicted octanol–water partition coefficient (Wildman–Crippen LogP) is 6.60. The van der Waals surface area contributed by atoms with Gasteiger partial charge in [0, 0.05) is 19.1 Å². The first kappa shape index (κ1) is 39.1. The number of ether oxygens (including phenoxy) is 1. The van der Waals surface area contributed by atoms with Gasteiger partial charge in [0.25, 0.3) is 0 Å². The molecule has 0 saturated carbocycles. The number of nitrogens with one attached hydrogen (secondary N) is 1. The van der Waals surface area contributed by atoms with Crippen molar-refractivity contribution in [1.29, 1.82) is 0 Å². The van der Waals surface area contributed by atoms with Crippen LogP contribution in [0.3, 0.4) is 0 Å². The Morgan fingerprint density at radius 1 is 0.893 bits per heavy atom. The molecular formula is C43H48F3N5O5. The number of nitrogens with zero attached hydrogens (tertiary/aromatic N) is 4. The van der Waals surface area contributed by atoms with Crippen molar-refractivity contribution in [3.05, 3.63) is 113 Å². The molecular weight excluding hydrogens is 723 g/mol. The van der Waals surface area contributed by atoms with E-state index in [0.29, 0.717) is 19.1 Å². The first-order valence-corrected chi connectivity index (χ1v) is 19.5. The second-order valence-electron chi connectivity index (χ2n) is 15.1. The number of alkyl halides is 3. The van der Waals surface area contributed by atoms with Crippen LogP contribution in [0, 0.1) is 0 Å². The zero-order valence-corrected chi connectivity index (χ0v) is 31.4. The van der Waals surface area contributed by atoms with Gasteiger partial charge in [-0.15, -0.1) is 0 Å². The van der Waals surface area contributed by atoms with Gasteiger partial charge in [-0.05, 0) is 74.5 Å². The Kier molecular flexibility index (Phi) is 11.8. The zero-order valence-electron chi connectivity index (χ0n) is 31.4. The maximum atomic E-state index is 14.5. The van der Waals surface area contributed by atoms with E-state index in [1.54, 1.807) is 17.9 Å². The van der Waals surface area contributed by atoms with Crippen LogP contribution in [0.5, 0.6) is 0 Å². The van der Waals surface area contributed by atoms with Gasteiger partial charge in [-0.3, -0.25) is 19.3 Å². The molecule has 3 aromatic rings. The number of cyclic esters (lactones) is 1. The van der Waals surface area contributed by atoms with E-state index in [2.05, 4.69) is 10.2 Å². The molecule has 1 N–H and O–H groups in total. The Hall–Kier alpha value is -5.17. The van der Waals surface area contributed by atoms with Crippen LogP contribution in [0.25, 0.3) is 6.08 Å². The number of carbonyl (C=O) groups is 4. The third-order valence-corrected chi connectivity index (χ3v) is 11.6. The molecule has 4 aliphatic rings. The summed E-state index contributed by atoms with van der Waals surface area (Å²) in [7, 11) is 0. The third kappa shape index (κ3) is 8.47. The summed E-state index contributed by atoms with van der Waals surface area (Å²) >= 11 is 0. The fraction of sp³-hybridized carbons (Fsp3) is 0.442. The molecule has 0 radical (unpaired) electrons.